The van der Waals surface area contributed by atoms with Gasteiger partial charge in [-0.1, -0.05) is 26.0 Å². The summed E-state index contributed by atoms with van der Waals surface area (Å²) < 4.78 is 5.88. The van der Waals surface area contributed by atoms with Crippen LogP contribution < -0.4 is 10.1 Å². The molecule has 0 radical (unpaired) electrons. The molecular formula is C16H25NO. The Bertz CT molecular complexity index is 385. The van der Waals surface area contributed by atoms with E-state index in [0.717, 1.165) is 18.8 Å². The Morgan fingerprint density at radius 2 is 2.06 bits per heavy atom. The van der Waals surface area contributed by atoms with Crippen LogP contribution >= 0.6 is 0 Å². The molecule has 0 aromatic heterocycles. The van der Waals surface area contributed by atoms with Gasteiger partial charge in [-0.2, -0.15) is 0 Å². The number of ether oxygens (including phenoxy) is 1. The van der Waals surface area contributed by atoms with Gasteiger partial charge in [0.2, 0.25) is 0 Å². The molecule has 18 heavy (non-hydrogen) atoms. The fourth-order valence-corrected chi connectivity index (χ4v) is 2.03. The van der Waals surface area contributed by atoms with E-state index in [1.54, 1.807) is 0 Å². The first-order valence-corrected chi connectivity index (χ1v) is 6.63. The lowest BCUT2D eigenvalue weighted by molar-refractivity contribution is 0.219. The fourth-order valence-electron chi connectivity index (χ4n) is 2.03. The zero-order valence-corrected chi connectivity index (χ0v) is 12.0. The highest BCUT2D eigenvalue weighted by Crippen LogP contribution is 2.23. The molecule has 2 heteroatoms. The molecule has 1 N–H and O–H groups in total. The van der Waals surface area contributed by atoms with E-state index in [4.69, 9.17) is 4.74 Å². The molecule has 0 amide bonds. The Labute approximate surface area is 111 Å². The topological polar surface area (TPSA) is 21.3 Å². The molecule has 0 spiro atoms. The van der Waals surface area contributed by atoms with E-state index >= 15 is 0 Å². The second kappa shape index (κ2) is 7.22. The molecule has 0 aliphatic carbocycles. The molecule has 1 unspecified atom stereocenters. The van der Waals surface area contributed by atoms with Gasteiger partial charge in [-0.25, -0.2) is 0 Å². The molecule has 1 aromatic carbocycles. The summed E-state index contributed by atoms with van der Waals surface area (Å²) in [5, 5.41) is 3.26. The minimum absolute atomic E-state index is 0.161. The van der Waals surface area contributed by atoms with Crippen LogP contribution in [0.15, 0.2) is 30.9 Å². The van der Waals surface area contributed by atoms with Gasteiger partial charge in [-0.15, -0.1) is 6.58 Å². The van der Waals surface area contributed by atoms with E-state index in [2.05, 4.69) is 57.8 Å². The van der Waals surface area contributed by atoms with Crippen molar-refractivity contribution in [3.63, 3.8) is 0 Å². The Morgan fingerprint density at radius 3 is 2.61 bits per heavy atom. The van der Waals surface area contributed by atoms with E-state index in [-0.39, 0.29) is 6.10 Å². The van der Waals surface area contributed by atoms with Crippen LogP contribution in [0.25, 0.3) is 0 Å². The Balaban J connectivity index is 2.57. The minimum atomic E-state index is 0.161. The quantitative estimate of drug-likeness (QED) is 0.586. The normalized spacial score (nSPS) is 12.5. The van der Waals surface area contributed by atoms with Crippen molar-refractivity contribution in [2.75, 3.05) is 13.1 Å². The molecule has 0 saturated heterocycles. The van der Waals surface area contributed by atoms with Crippen molar-refractivity contribution in [3.05, 3.63) is 42.0 Å². The van der Waals surface area contributed by atoms with Crippen molar-refractivity contribution >= 4 is 0 Å². The smallest absolute Gasteiger partial charge is 0.120 e. The van der Waals surface area contributed by atoms with Crippen LogP contribution in [0.3, 0.4) is 0 Å². The molecule has 1 rings (SSSR count). The van der Waals surface area contributed by atoms with E-state index in [0.29, 0.717) is 5.92 Å². The Hall–Kier alpha value is -1.28. The molecule has 0 fully saturated rings. The molecular weight excluding hydrogens is 222 g/mol. The number of hydrogen-bond donors (Lipinski definition) is 1. The van der Waals surface area contributed by atoms with Crippen molar-refractivity contribution in [2.24, 2.45) is 0 Å². The third-order valence-corrected chi connectivity index (χ3v) is 2.92. The van der Waals surface area contributed by atoms with Crippen LogP contribution in [0.4, 0.5) is 0 Å². The molecule has 0 aliphatic heterocycles. The summed E-state index contributed by atoms with van der Waals surface area (Å²) in [5.41, 5.74) is 2.69. The van der Waals surface area contributed by atoms with Crippen molar-refractivity contribution < 1.29 is 4.74 Å². The van der Waals surface area contributed by atoms with E-state index in [1.807, 2.05) is 6.08 Å². The first kappa shape index (κ1) is 14.8. The number of aryl methyl sites for hydroxylation is 1. The minimum Gasteiger partial charge on any atom is -0.489 e. The SMILES string of the molecule is C=CCNCC(C)Oc1ccc(C(C)C)c(C)c1. The fraction of sp³-hybridized carbons (Fsp3) is 0.500. The van der Waals surface area contributed by atoms with Crippen LogP contribution in [0.1, 0.15) is 37.8 Å². The molecule has 0 aliphatic rings. The molecule has 0 heterocycles. The van der Waals surface area contributed by atoms with Gasteiger partial charge in [0.05, 0.1) is 0 Å². The largest absolute Gasteiger partial charge is 0.489 e. The van der Waals surface area contributed by atoms with Crippen molar-refractivity contribution in [3.8, 4) is 5.75 Å². The predicted molar refractivity (Wildman–Crippen MR) is 78.4 cm³/mol. The number of nitrogens with one attached hydrogen (secondary N) is 1. The maximum Gasteiger partial charge on any atom is 0.120 e. The molecule has 1 aromatic rings. The first-order valence-electron chi connectivity index (χ1n) is 6.63. The average Bonchev–Trinajstić information content (AvgIpc) is 2.28. The first-order chi connectivity index (χ1) is 8.54. The van der Waals surface area contributed by atoms with Crippen molar-refractivity contribution in [2.45, 2.75) is 39.7 Å². The lowest BCUT2D eigenvalue weighted by atomic mass is 9.98. The lowest BCUT2D eigenvalue weighted by Crippen LogP contribution is -2.28. The molecule has 100 valence electrons. The standard InChI is InChI=1S/C16H25NO/c1-6-9-17-11-14(5)18-15-7-8-16(12(2)3)13(4)10-15/h6-8,10,12,14,17H,1,9,11H2,2-5H3. The van der Waals surface area contributed by atoms with Gasteiger partial charge < -0.3 is 10.1 Å². The summed E-state index contributed by atoms with van der Waals surface area (Å²) in [6.45, 7) is 14.0. The highest BCUT2D eigenvalue weighted by atomic mass is 16.5. The summed E-state index contributed by atoms with van der Waals surface area (Å²) in [4.78, 5) is 0. The Kier molecular flexibility index (Phi) is 5.93. The second-order valence-corrected chi connectivity index (χ2v) is 5.05. The number of benzene rings is 1. The van der Waals surface area contributed by atoms with Gasteiger partial charge in [0.15, 0.2) is 0 Å². The summed E-state index contributed by atoms with van der Waals surface area (Å²) in [7, 11) is 0. The van der Waals surface area contributed by atoms with Crippen LogP contribution in [0.2, 0.25) is 0 Å². The van der Waals surface area contributed by atoms with Gasteiger partial charge >= 0.3 is 0 Å². The third-order valence-electron chi connectivity index (χ3n) is 2.92. The molecule has 0 bridgehead atoms. The maximum atomic E-state index is 5.88. The molecule has 1 atom stereocenters. The van der Waals surface area contributed by atoms with Gasteiger partial charge in [0.1, 0.15) is 11.9 Å². The second-order valence-electron chi connectivity index (χ2n) is 5.05. The third kappa shape index (κ3) is 4.53. The van der Waals surface area contributed by atoms with E-state index in [9.17, 15) is 0 Å². The maximum absolute atomic E-state index is 5.88. The highest BCUT2D eigenvalue weighted by molar-refractivity contribution is 5.36. The monoisotopic (exact) mass is 247 g/mol. The number of rotatable bonds is 7. The molecule has 2 nitrogen and oxygen atoms in total. The van der Waals surface area contributed by atoms with Gasteiger partial charge in [-0.05, 0) is 43.0 Å². The highest BCUT2D eigenvalue weighted by Gasteiger charge is 2.07. The zero-order chi connectivity index (χ0) is 13.5. The number of hydrogen-bond acceptors (Lipinski definition) is 2. The molecule has 0 saturated carbocycles. The summed E-state index contributed by atoms with van der Waals surface area (Å²) in [6.07, 6.45) is 2.02. The van der Waals surface area contributed by atoms with E-state index in [1.165, 1.54) is 11.1 Å². The Morgan fingerprint density at radius 1 is 1.33 bits per heavy atom. The van der Waals surface area contributed by atoms with Crippen LogP contribution in [0, 0.1) is 6.92 Å². The van der Waals surface area contributed by atoms with Crippen LogP contribution in [-0.2, 0) is 0 Å². The van der Waals surface area contributed by atoms with Gasteiger partial charge in [0, 0.05) is 13.1 Å². The lowest BCUT2D eigenvalue weighted by Gasteiger charge is -2.17. The summed E-state index contributed by atoms with van der Waals surface area (Å²) in [6, 6.07) is 6.35. The van der Waals surface area contributed by atoms with E-state index < -0.39 is 0 Å². The summed E-state index contributed by atoms with van der Waals surface area (Å²) in [5.74, 6) is 1.51. The van der Waals surface area contributed by atoms with Gasteiger partial charge in [0.25, 0.3) is 0 Å². The summed E-state index contributed by atoms with van der Waals surface area (Å²) >= 11 is 0. The van der Waals surface area contributed by atoms with Crippen LogP contribution in [-0.4, -0.2) is 19.2 Å². The van der Waals surface area contributed by atoms with Gasteiger partial charge in [-0.3, -0.25) is 0 Å². The van der Waals surface area contributed by atoms with Crippen LogP contribution in [0.5, 0.6) is 5.75 Å². The average molecular weight is 247 g/mol. The van der Waals surface area contributed by atoms with Crippen molar-refractivity contribution in [1.29, 1.82) is 0 Å². The predicted octanol–water partition coefficient (Wildman–Crippen LogP) is 3.66. The van der Waals surface area contributed by atoms with Crippen molar-refractivity contribution in [1.82, 2.24) is 5.32 Å². The zero-order valence-electron chi connectivity index (χ0n) is 12.0.